The van der Waals surface area contributed by atoms with Crippen LogP contribution in [0.15, 0.2) is 12.3 Å². The maximum Gasteiger partial charge on any atom is 0.339 e. The number of pyridine rings is 1. The first-order valence-electron chi connectivity index (χ1n) is 4.88. The highest BCUT2D eigenvalue weighted by Gasteiger charge is 2.13. The Morgan fingerprint density at radius 3 is 3.06 bits per heavy atom. The number of nitrogens with one attached hydrogen (secondary N) is 1. The fraction of sp³-hybridized carbons (Fsp3) is 0.300. The van der Waals surface area contributed by atoms with Crippen molar-refractivity contribution in [3.05, 3.63) is 17.8 Å². The molecule has 0 unspecified atom stereocenters. The smallest absolute Gasteiger partial charge is 0.339 e. The lowest BCUT2D eigenvalue weighted by atomic mass is 9.97. The third kappa shape index (κ3) is 2.99. The van der Waals surface area contributed by atoms with Gasteiger partial charge in [0, 0.05) is 12.2 Å². The Balaban J connectivity index is 2.96. The summed E-state index contributed by atoms with van der Waals surface area (Å²) in [5, 5.41) is 20.4. The number of nitriles is 1. The van der Waals surface area contributed by atoms with E-state index in [2.05, 4.69) is 10.3 Å². The summed E-state index contributed by atoms with van der Waals surface area (Å²) in [6.45, 7) is 1.80. The molecule has 0 radical (unpaired) electrons. The Morgan fingerprint density at radius 2 is 2.50 bits per heavy atom. The van der Waals surface area contributed by atoms with Gasteiger partial charge in [-0.05, 0) is 13.0 Å². The number of carboxylic acid groups (broad SMARTS) is 1. The number of carbonyl (C=O) groups is 1. The van der Waals surface area contributed by atoms with E-state index >= 15 is 0 Å². The minimum Gasteiger partial charge on any atom is -0.478 e. The second kappa shape index (κ2) is 5.17. The molecule has 1 heterocycles. The topological polar surface area (TPSA) is 86.0 Å². The Morgan fingerprint density at radius 1 is 1.81 bits per heavy atom. The van der Waals surface area contributed by atoms with Crippen LogP contribution in [-0.2, 0) is 0 Å². The molecule has 0 saturated carbocycles. The Hall–Kier alpha value is -2.03. The van der Waals surface area contributed by atoms with Gasteiger partial charge in [0.05, 0.1) is 12.5 Å². The predicted octanol–water partition coefficient (Wildman–Crippen LogP) is -0.248. The van der Waals surface area contributed by atoms with Crippen molar-refractivity contribution in [2.75, 3.05) is 5.32 Å². The van der Waals surface area contributed by atoms with Gasteiger partial charge in [-0.2, -0.15) is 5.26 Å². The summed E-state index contributed by atoms with van der Waals surface area (Å²) >= 11 is 0. The summed E-state index contributed by atoms with van der Waals surface area (Å²) in [5.41, 5.74) is 0.917. The molecule has 0 fully saturated rings. The summed E-state index contributed by atoms with van der Waals surface area (Å²) in [6, 6.07) is 3.44. The van der Waals surface area contributed by atoms with E-state index in [1.807, 2.05) is 6.07 Å². The summed E-state index contributed by atoms with van der Waals surface area (Å²) in [5.74, 6) is -0.719. The van der Waals surface area contributed by atoms with E-state index in [1.54, 1.807) is 27.0 Å². The molecule has 0 bridgehead atoms. The number of hydrogen-bond acceptors (Lipinski definition) is 4. The van der Waals surface area contributed by atoms with Crippen molar-refractivity contribution in [3.8, 4) is 6.07 Å². The van der Waals surface area contributed by atoms with Crippen LogP contribution in [0.3, 0.4) is 0 Å². The van der Waals surface area contributed by atoms with Crippen LogP contribution in [0, 0.1) is 11.3 Å². The maximum absolute atomic E-state index is 11.0. The highest BCUT2D eigenvalue weighted by Crippen LogP contribution is 2.12. The van der Waals surface area contributed by atoms with Gasteiger partial charge in [0.25, 0.3) is 0 Å². The number of anilines is 1. The summed E-state index contributed by atoms with van der Waals surface area (Å²) in [6.07, 6.45) is 1.89. The third-order valence-corrected chi connectivity index (χ3v) is 2.04. The monoisotopic (exact) mass is 217 g/mol. The molecule has 1 aromatic rings. The van der Waals surface area contributed by atoms with Crippen LogP contribution >= 0.6 is 0 Å². The third-order valence-electron chi connectivity index (χ3n) is 2.04. The van der Waals surface area contributed by atoms with Crippen molar-refractivity contribution < 1.29 is 9.90 Å². The molecule has 0 aliphatic carbocycles. The Bertz CT molecular complexity index is 442. The van der Waals surface area contributed by atoms with Gasteiger partial charge in [-0.25, -0.2) is 9.78 Å². The van der Waals surface area contributed by atoms with Crippen LogP contribution in [0.25, 0.3) is 0 Å². The van der Waals surface area contributed by atoms with Gasteiger partial charge < -0.3 is 10.4 Å². The van der Waals surface area contributed by atoms with Crippen LogP contribution in [0.2, 0.25) is 0 Å². The lowest BCUT2D eigenvalue weighted by Crippen LogP contribution is -2.20. The minimum atomic E-state index is -1.03. The predicted molar refractivity (Wildman–Crippen MR) is 62.7 cm³/mol. The van der Waals surface area contributed by atoms with Crippen molar-refractivity contribution >= 4 is 25.1 Å². The number of aromatic nitrogens is 1. The number of nitrogens with zero attached hydrogens (tertiary/aromatic N) is 2. The van der Waals surface area contributed by atoms with E-state index in [-0.39, 0.29) is 11.6 Å². The molecule has 16 heavy (non-hydrogen) atoms. The van der Waals surface area contributed by atoms with Crippen molar-refractivity contribution in [3.63, 3.8) is 0 Å². The molecule has 0 spiro atoms. The van der Waals surface area contributed by atoms with Crippen LogP contribution in [0.4, 0.5) is 5.82 Å². The molecule has 0 amide bonds. The molecule has 6 heteroatoms. The number of rotatable bonds is 4. The summed E-state index contributed by atoms with van der Waals surface area (Å²) in [4.78, 5) is 15.0. The molecule has 1 rings (SSSR count). The first-order valence-corrected chi connectivity index (χ1v) is 4.88. The molecule has 5 nitrogen and oxygen atoms in total. The summed E-state index contributed by atoms with van der Waals surface area (Å²) in [7, 11) is 1.78. The van der Waals surface area contributed by atoms with Crippen LogP contribution in [-0.4, -0.2) is 29.9 Å². The van der Waals surface area contributed by atoms with Gasteiger partial charge in [-0.1, -0.05) is 5.46 Å². The second-order valence-electron chi connectivity index (χ2n) is 3.62. The normalized spacial score (nSPS) is 11.5. The van der Waals surface area contributed by atoms with Crippen LogP contribution in [0.1, 0.15) is 23.7 Å². The van der Waals surface area contributed by atoms with E-state index in [0.717, 1.165) is 5.46 Å². The molecule has 0 saturated heterocycles. The highest BCUT2D eigenvalue weighted by molar-refractivity contribution is 6.32. The van der Waals surface area contributed by atoms with Gasteiger partial charge in [-0.3, -0.25) is 0 Å². The first-order chi connectivity index (χ1) is 7.54. The molecule has 0 aromatic carbocycles. The van der Waals surface area contributed by atoms with Crippen molar-refractivity contribution in [1.82, 2.24) is 4.98 Å². The van der Waals surface area contributed by atoms with Crippen molar-refractivity contribution in [2.24, 2.45) is 0 Å². The molecular weight excluding hydrogens is 205 g/mol. The molecule has 1 aromatic heterocycles. The zero-order valence-electron chi connectivity index (χ0n) is 9.19. The molecule has 0 aliphatic heterocycles. The van der Waals surface area contributed by atoms with E-state index in [4.69, 9.17) is 10.4 Å². The zero-order valence-corrected chi connectivity index (χ0v) is 9.19. The lowest BCUT2D eigenvalue weighted by molar-refractivity contribution is 0.0697. The van der Waals surface area contributed by atoms with E-state index in [0.29, 0.717) is 12.2 Å². The molecular formula is C10H12BN3O2. The average Bonchev–Trinajstić information content (AvgIpc) is 2.20. The number of hydrogen-bond donors (Lipinski definition) is 2. The van der Waals surface area contributed by atoms with Crippen molar-refractivity contribution in [2.45, 2.75) is 19.4 Å². The Labute approximate surface area is 94.5 Å². The Kier molecular flexibility index (Phi) is 3.89. The quantitative estimate of drug-likeness (QED) is 0.679. The molecule has 0 aliphatic rings. The highest BCUT2D eigenvalue weighted by atomic mass is 16.4. The van der Waals surface area contributed by atoms with Gasteiger partial charge >= 0.3 is 5.97 Å². The van der Waals surface area contributed by atoms with Gasteiger partial charge in [-0.15, -0.1) is 0 Å². The molecule has 2 N–H and O–H groups in total. The minimum absolute atomic E-state index is 0.127. The van der Waals surface area contributed by atoms with E-state index < -0.39 is 5.97 Å². The van der Waals surface area contributed by atoms with E-state index in [1.165, 1.54) is 0 Å². The first kappa shape index (κ1) is 12.0. The van der Waals surface area contributed by atoms with Gasteiger partial charge in [0.2, 0.25) is 0 Å². The molecule has 82 valence electrons. The lowest BCUT2D eigenvalue weighted by Gasteiger charge is -2.13. The average molecular weight is 217 g/mol. The summed E-state index contributed by atoms with van der Waals surface area (Å²) < 4.78 is 0. The maximum atomic E-state index is 11.0. The largest absolute Gasteiger partial charge is 0.478 e. The fourth-order valence-corrected chi connectivity index (χ4v) is 1.27. The molecule has 1 atom stereocenters. The fourth-order valence-electron chi connectivity index (χ4n) is 1.27. The SMILES string of the molecule is Bc1cnc(N[C@H](C)CC#N)c(C(=O)O)c1. The van der Waals surface area contributed by atoms with Crippen LogP contribution in [0.5, 0.6) is 0 Å². The zero-order chi connectivity index (χ0) is 12.1. The number of aromatic carboxylic acids is 1. The second-order valence-corrected chi connectivity index (χ2v) is 3.62. The standard InChI is InChI=1S/C10H12BN3O2/c1-6(2-3-12)14-9-8(10(15)16)4-7(11)5-13-9/h4-6H,2,11H2,1H3,(H,13,14)(H,15,16)/t6-/m1/s1. The van der Waals surface area contributed by atoms with E-state index in [9.17, 15) is 4.79 Å². The van der Waals surface area contributed by atoms with Gasteiger partial charge in [0.15, 0.2) is 0 Å². The van der Waals surface area contributed by atoms with Crippen LogP contribution < -0.4 is 10.8 Å². The van der Waals surface area contributed by atoms with Crippen molar-refractivity contribution in [1.29, 1.82) is 5.26 Å². The van der Waals surface area contributed by atoms with Gasteiger partial charge in [0.1, 0.15) is 19.2 Å². The number of carboxylic acids is 1.